The number of hydrogen-bond donors (Lipinski definition) is 0. The van der Waals surface area contributed by atoms with Gasteiger partial charge >= 0.3 is 0 Å². The molecule has 0 aromatic carbocycles. The molecule has 0 aliphatic heterocycles. The van der Waals surface area contributed by atoms with Crippen molar-refractivity contribution in [2.45, 2.75) is 0 Å². The van der Waals surface area contributed by atoms with Crippen molar-refractivity contribution in [2.24, 2.45) is 0 Å². The second-order valence-electron chi connectivity index (χ2n) is 1.59. The molecule has 8 heavy (non-hydrogen) atoms. The summed E-state index contributed by atoms with van der Waals surface area (Å²) in [5.41, 5.74) is 0.919. The molecule has 0 spiro atoms. The maximum Gasteiger partial charge on any atom is 0.180 e. The van der Waals surface area contributed by atoms with Crippen molar-refractivity contribution in [3.05, 3.63) is 41.9 Å². The molecule has 0 fully saturated rings. The summed E-state index contributed by atoms with van der Waals surface area (Å²) in [7, 11) is 0. The molecule has 1 aliphatic rings. The Bertz CT molecular complexity index is 147. The highest BCUT2D eigenvalue weighted by atomic mass is 14.4. The average Bonchev–Trinajstić information content (AvgIpc) is 1.77. The van der Waals surface area contributed by atoms with Crippen LogP contribution in [0.3, 0.4) is 0 Å². The van der Waals surface area contributed by atoms with Gasteiger partial charge in [0.05, 0.1) is 12.2 Å². The summed E-state index contributed by atoms with van der Waals surface area (Å²) in [6, 6.07) is 0. The van der Waals surface area contributed by atoms with Crippen molar-refractivity contribution in [3.8, 4) is 0 Å². The Morgan fingerprint density at radius 2 is 1.62 bits per heavy atom. The fourth-order valence-corrected chi connectivity index (χ4v) is 0.474. The normalized spacial score (nSPS) is 17.4. The predicted molar refractivity (Wildman–Crippen MR) is 34.5 cm³/mol. The molecule has 0 atom stereocenters. The summed E-state index contributed by atoms with van der Waals surface area (Å²) in [6.45, 7) is 5.32. The molecule has 0 bridgehead atoms. The number of allylic oxidation sites excluding steroid dienone is 5. The van der Waals surface area contributed by atoms with Crippen LogP contribution in [0.4, 0.5) is 0 Å². The molecule has 0 aromatic heterocycles. The Labute approximate surface area is 48.5 Å². The third-order valence-electron chi connectivity index (χ3n) is 0.893. The van der Waals surface area contributed by atoms with E-state index in [4.69, 9.17) is 12.0 Å². The van der Waals surface area contributed by atoms with Crippen LogP contribution in [0.1, 0.15) is 0 Å². The monoisotopic (exact) mass is 103 g/mol. The molecule has 0 aromatic rings. The van der Waals surface area contributed by atoms with E-state index in [9.17, 15) is 0 Å². The zero-order valence-electron chi connectivity index (χ0n) is 4.33. The standard InChI is InChI=1S/C7H5N/c1-6-2-4-7(8)5-3-6/h1-5H. The average molecular weight is 103 g/mol. The number of rotatable bonds is 0. The molecular formula is C7H5N. The highest BCUT2D eigenvalue weighted by Gasteiger charge is 1.94. The van der Waals surface area contributed by atoms with Crippen molar-refractivity contribution < 1.29 is 0 Å². The molecule has 38 valence electrons. The summed E-state index contributed by atoms with van der Waals surface area (Å²) in [6.07, 6.45) is 6.40. The predicted octanol–water partition coefficient (Wildman–Crippen LogP) is 1.48. The molecule has 1 rings (SSSR count). The van der Waals surface area contributed by atoms with E-state index in [1.807, 2.05) is 0 Å². The smallest absolute Gasteiger partial charge is 0.180 e. The lowest BCUT2D eigenvalue weighted by atomic mass is 10.1. The lowest BCUT2D eigenvalue weighted by molar-refractivity contribution is 1.71. The fourth-order valence-electron chi connectivity index (χ4n) is 0.474. The SMILES string of the molecule is [CH+]=C1C=CC(=[N-])C=C1. The van der Waals surface area contributed by atoms with Crippen LogP contribution in [0.5, 0.6) is 0 Å². The van der Waals surface area contributed by atoms with Crippen molar-refractivity contribution in [1.29, 1.82) is 0 Å². The molecule has 1 heteroatoms. The Morgan fingerprint density at radius 3 is 2.00 bits per heavy atom. The van der Waals surface area contributed by atoms with Crippen LogP contribution in [0.15, 0.2) is 29.9 Å². The van der Waals surface area contributed by atoms with Crippen LogP contribution in [0, 0.1) is 6.58 Å². The van der Waals surface area contributed by atoms with Gasteiger partial charge in [-0.05, 0) is 12.2 Å². The summed E-state index contributed by atoms with van der Waals surface area (Å²) in [5.74, 6) is 0. The molecule has 0 radical (unpaired) electrons. The van der Waals surface area contributed by atoms with E-state index in [1.54, 1.807) is 24.3 Å². The minimum atomic E-state index is 0.249. The van der Waals surface area contributed by atoms with E-state index in [1.165, 1.54) is 0 Å². The maximum absolute atomic E-state index is 8.70. The van der Waals surface area contributed by atoms with E-state index in [2.05, 4.69) is 0 Å². The van der Waals surface area contributed by atoms with Gasteiger partial charge in [-0.2, -0.15) is 0 Å². The van der Waals surface area contributed by atoms with Crippen LogP contribution in [0.25, 0.3) is 5.41 Å². The summed E-state index contributed by atoms with van der Waals surface area (Å²) >= 11 is 0. The quantitative estimate of drug-likeness (QED) is 0.414. The maximum atomic E-state index is 8.70. The summed E-state index contributed by atoms with van der Waals surface area (Å²) < 4.78 is 0. The van der Waals surface area contributed by atoms with E-state index in [0.717, 1.165) is 0 Å². The molecule has 0 saturated carbocycles. The zero-order chi connectivity index (χ0) is 5.98. The van der Waals surface area contributed by atoms with Gasteiger partial charge in [-0.1, -0.05) is 0 Å². The molecule has 0 heterocycles. The third kappa shape index (κ3) is 0.895. The Kier molecular flexibility index (Phi) is 1.07. The third-order valence-corrected chi connectivity index (χ3v) is 0.893. The van der Waals surface area contributed by atoms with E-state index in [-0.39, 0.29) is 5.71 Å². The van der Waals surface area contributed by atoms with Crippen LogP contribution >= 0.6 is 0 Å². The van der Waals surface area contributed by atoms with Crippen molar-refractivity contribution >= 4 is 5.71 Å². The zero-order valence-corrected chi connectivity index (χ0v) is 4.33. The second-order valence-corrected chi connectivity index (χ2v) is 1.59. The van der Waals surface area contributed by atoms with Gasteiger partial charge in [0.2, 0.25) is 0 Å². The Balaban J connectivity index is 2.83. The van der Waals surface area contributed by atoms with Crippen molar-refractivity contribution in [2.75, 3.05) is 0 Å². The van der Waals surface area contributed by atoms with E-state index in [0.29, 0.717) is 5.57 Å². The van der Waals surface area contributed by atoms with Crippen LogP contribution < -0.4 is 0 Å². The Morgan fingerprint density at radius 1 is 1.12 bits per heavy atom. The van der Waals surface area contributed by atoms with Gasteiger partial charge in [0.25, 0.3) is 0 Å². The molecule has 0 unspecified atom stereocenters. The van der Waals surface area contributed by atoms with Gasteiger partial charge in [0, 0.05) is 6.58 Å². The highest BCUT2D eigenvalue weighted by Crippen LogP contribution is 2.01. The van der Waals surface area contributed by atoms with Crippen molar-refractivity contribution in [3.63, 3.8) is 0 Å². The van der Waals surface area contributed by atoms with E-state index >= 15 is 0 Å². The fraction of sp³-hybridized carbons (Fsp3) is 0. The first-order valence-corrected chi connectivity index (χ1v) is 2.33. The van der Waals surface area contributed by atoms with Gasteiger partial charge in [-0.3, -0.25) is 0 Å². The van der Waals surface area contributed by atoms with Crippen LogP contribution in [0.2, 0.25) is 0 Å². The molecule has 1 aliphatic carbocycles. The van der Waals surface area contributed by atoms with Gasteiger partial charge < -0.3 is 5.41 Å². The summed E-state index contributed by atoms with van der Waals surface area (Å²) in [4.78, 5) is 0. The number of nitrogens with zero attached hydrogens (tertiary/aromatic N) is 1. The topological polar surface area (TPSA) is 22.3 Å². The first-order chi connectivity index (χ1) is 3.79. The lowest BCUT2D eigenvalue weighted by Crippen LogP contribution is -1.87. The van der Waals surface area contributed by atoms with Gasteiger partial charge in [0.15, 0.2) is 5.57 Å². The van der Waals surface area contributed by atoms with Gasteiger partial charge in [-0.15, -0.1) is 5.71 Å². The van der Waals surface area contributed by atoms with Crippen molar-refractivity contribution in [1.82, 2.24) is 0 Å². The molecule has 0 N–H and O–H groups in total. The first-order valence-electron chi connectivity index (χ1n) is 2.33. The molecule has 0 saturated heterocycles. The molecule has 1 nitrogen and oxygen atoms in total. The summed E-state index contributed by atoms with van der Waals surface area (Å²) in [5, 5.41) is 8.70. The lowest BCUT2D eigenvalue weighted by Gasteiger charge is -1.96. The second kappa shape index (κ2) is 1.73. The molecular weight excluding hydrogens is 98.1 g/mol. The number of hydrogen-bond acceptors (Lipinski definition) is 0. The Hall–Kier alpha value is -1.20. The van der Waals surface area contributed by atoms with E-state index < -0.39 is 0 Å². The minimum absolute atomic E-state index is 0.249. The largest absolute Gasteiger partial charge is 0.802 e. The molecule has 0 amide bonds. The highest BCUT2D eigenvalue weighted by molar-refractivity contribution is 6.07. The first kappa shape index (κ1) is 4.95. The van der Waals surface area contributed by atoms with Gasteiger partial charge in [0.1, 0.15) is 0 Å². The van der Waals surface area contributed by atoms with Crippen LogP contribution in [-0.2, 0) is 0 Å². The van der Waals surface area contributed by atoms with Gasteiger partial charge in [-0.25, -0.2) is 0 Å². The van der Waals surface area contributed by atoms with Crippen LogP contribution in [-0.4, -0.2) is 5.71 Å². The minimum Gasteiger partial charge on any atom is -0.802 e.